The Hall–Kier alpha value is -3.82. The summed E-state index contributed by atoms with van der Waals surface area (Å²) in [4.78, 5) is 48.4. The van der Waals surface area contributed by atoms with Gasteiger partial charge in [0, 0.05) is 5.39 Å². The van der Waals surface area contributed by atoms with Crippen molar-refractivity contribution in [3.05, 3.63) is 57.7 Å². The van der Waals surface area contributed by atoms with Gasteiger partial charge in [0.05, 0.1) is 14.2 Å². The molecule has 138 valence electrons. The highest BCUT2D eigenvalue weighted by Gasteiger charge is 2.28. The highest BCUT2D eigenvalue weighted by molar-refractivity contribution is 6.02. The average molecular weight is 371 g/mol. The number of carbonyl (C=O) groups is 3. The van der Waals surface area contributed by atoms with Crippen molar-refractivity contribution >= 4 is 28.7 Å². The molecule has 0 aliphatic heterocycles. The molecule has 0 amide bonds. The minimum absolute atomic E-state index is 0.223. The van der Waals surface area contributed by atoms with E-state index in [1.54, 1.807) is 24.3 Å². The van der Waals surface area contributed by atoms with Crippen molar-refractivity contribution in [2.75, 3.05) is 14.2 Å². The number of rotatable bonds is 5. The second-order valence-corrected chi connectivity index (χ2v) is 5.34. The van der Waals surface area contributed by atoms with Gasteiger partial charge in [-0.2, -0.15) is 0 Å². The van der Waals surface area contributed by atoms with Gasteiger partial charge in [-0.25, -0.2) is 19.1 Å². The van der Waals surface area contributed by atoms with Gasteiger partial charge in [0.25, 0.3) is 0 Å². The third kappa shape index (κ3) is 3.32. The first-order chi connectivity index (χ1) is 13.0. The summed E-state index contributed by atoms with van der Waals surface area (Å²) in [5, 5.41) is 7.74. The molecule has 0 atom stereocenters. The number of nitrogens with zero attached hydrogens (tertiary/aromatic N) is 3. The van der Waals surface area contributed by atoms with E-state index < -0.39 is 35.6 Å². The van der Waals surface area contributed by atoms with Crippen LogP contribution < -0.4 is 5.63 Å². The van der Waals surface area contributed by atoms with Gasteiger partial charge in [-0.05, 0) is 12.1 Å². The number of hydrogen-bond acceptors (Lipinski definition) is 9. The number of esters is 2. The molecule has 0 spiro atoms. The van der Waals surface area contributed by atoms with Crippen LogP contribution in [0.15, 0.2) is 39.5 Å². The number of ether oxygens (including phenoxy) is 2. The van der Waals surface area contributed by atoms with E-state index in [1.165, 1.54) is 6.07 Å². The van der Waals surface area contributed by atoms with Crippen molar-refractivity contribution in [2.24, 2.45) is 0 Å². The van der Waals surface area contributed by atoms with Crippen molar-refractivity contribution in [2.45, 2.75) is 6.54 Å². The molecule has 0 saturated heterocycles. The van der Waals surface area contributed by atoms with E-state index in [1.807, 2.05) is 0 Å². The van der Waals surface area contributed by atoms with Crippen LogP contribution in [-0.2, 0) is 16.0 Å². The molecule has 0 bridgehead atoms. The average Bonchev–Trinajstić information content (AvgIpc) is 3.09. The van der Waals surface area contributed by atoms with Gasteiger partial charge in [0.1, 0.15) is 17.7 Å². The Labute approximate surface area is 151 Å². The van der Waals surface area contributed by atoms with Gasteiger partial charge in [0.15, 0.2) is 11.5 Å². The first-order valence-electron chi connectivity index (χ1n) is 7.62. The van der Waals surface area contributed by atoms with Gasteiger partial charge in [0.2, 0.25) is 5.69 Å². The van der Waals surface area contributed by atoms with Crippen LogP contribution in [0.25, 0.3) is 11.0 Å². The Morgan fingerprint density at radius 1 is 1.11 bits per heavy atom. The minimum Gasteiger partial charge on any atom is -0.464 e. The lowest BCUT2D eigenvalue weighted by atomic mass is 10.1. The molecule has 0 fully saturated rings. The number of hydrogen-bond donors (Lipinski definition) is 0. The fraction of sp³-hybridized carbons (Fsp3) is 0.176. The predicted molar refractivity (Wildman–Crippen MR) is 89.5 cm³/mol. The maximum absolute atomic E-state index is 12.6. The molecule has 2 aromatic heterocycles. The first-order valence-corrected chi connectivity index (χ1v) is 7.62. The fourth-order valence-electron chi connectivity index (χ4n) is 2.43. The molecule has 0 unspecified atom stereocenters. The van der Waals surface area contributed by atoms with Crippen molar-refractivity contribution in [3.63, 3.8) is 0 Å². The van der Waals surface area contributed by atoms with Gasteiger partial charge < -0.3 is 13.9 Å². The summed E-state index contributed by atoms with van der Waals surface area (Å²) in [5.41, 5.74) is -1.47. The van der Waals surface area contributed by atoms with Crippen LogP contribution in [0.1, 0.15) is 31.3 Å². The molecule has 0 aliphatic rings. The Kier molecular flexibility index (Phi) is 4.79. The Morgan fingerprint density at radius 3 is 2.52 bits per heavy atom. The van der Waals surface area contributed by atoms with E-state index in [2.05, 4.69) is 19.8 Å². The number of methoxy groups -OCH3 is 2. The molecule has 3 rings (SSSR count). The second-order valence-electron chi connectivity index (χ2n) is 5.34. The zero-order chi connectivity index (χ0) is 19.6. The molecule has 10 heteroatoms. The van der Waals surface area contributed by atoms with E-state index in [4.69, 9.17) is 4.42 Å². The normalized spacial score (nSPS) is 10.6. The lowest BCUT2D eigenvalue weighted by Crippen LogP contribution is -2.23. The van der Waals surface area contributed by atoms with E-state index in [-0.39, 0.29) is 11.3 Å². The van der Waals surface area contributed by atoms with Crippen molar-refractivity contribution in [1.29, 1.82) is 0 Å². The van der Waals surface area contributed by atoms with Gasteiger partial charge >= 0.3 is 17.6 Å². The van der Waals surface area contributed by atoms with Crippen molar-refractivity contribution < 1.29 is 28.3 Å². The second kappa shape index (κ2) is 7.20. The number of fused-ring (bicyclic) bond motifs is 1. The van der Waals surface area contributed by atoms with Gasteiger partial charge in [-0.15, -0.1) is 5.10 Å². The minimum atomic E-state index is -0.932. The fourth-order valence-corrected chi connectivity index (χ4v) is 2.43. The Bertz CT molecular complexity index is 1110. The van der Waals surface area contributed by atoms with Crippen LogP contribution in [0.5, 0.6) is 0 Å². The number of ketones is 1. The molecule has 3 aromatic rings. The van der Waals surface area contributed by atoms with Crippen LogP contribution in [0.3, 0.4) is 0 Å². The smallest absolute Gasteiger partial charge is 0.361 e. The highest BCUT2D eigenvalue weighted by Crippen LogP contribution is 2.14. The summed E-state index contributed by atoms with van der Waals surface area (Å²) in [6.07, 6.45) is 0. The number of Topliss-reactive ketones (excluding diaryl/α,β-unsaturated/α-hetero) is 1. The quantitative estimate of drug-likeness (QED) is 0.364. The summed E-state index contributed by atoms with van der Waals surface area (Å²) >= 11 is 0. The zero-order valence-electron chi connectivity index (χ0n) is 14.3. The number of para-hydroxylation sites is 1. The molecule has 27 heavy (non-hydrogen) atoms. The summed E-state index contributed by atoms with van der Waals surface area (Å²) < 4.78 is 15.1. The maximum Gasteiger partial charge on any atom is 0.361 e. The molecule has 0 saturated carbocycles. The van der Waals surface area contributed by atoms with E-state index in [0.717, 1.165) is 18.9 Å². The lowest BCUT2D eigenvalue weighted by Gasteiger charge is -2.05. The van der Waals surface area contributed by atoms with E-state index in [9.17, 15) is 19.2 Å². The number of aromatic nitrogens is 3. The predicted octanol–water partition coefficient (Wildman–Crippen LogP) is 0.841. The van der Waals surface area contributed by atoms with Gasteiger partial charge in [-0.3, -0.25) is 4.79 Å². The molecule has 0 N–H and O–H groups in total. The maximum atomic E-state index is 12.6. The first kappa shape index (κ1) is 18.0. The summed E-state index contributed by atoms with van der Waals surface area (Å²) in [5.74, 6) is -2.53. The molecule has 0 aliphatic carbocycles. The molecule has 10 nitrogen and oxygen atoms in total. The number of carbonyl (C=O) groups excluding carboxylic acids is 3. The van der Waals surface area contributed by atoms with Gasteiger partial charge in [-0.1, -0.05) is 23.4 Å². The molecule has 2 heterocycles. The summed E-state index contributed by atoms with van der Waals surface area (Å²) in [6.45, 7) is -0.530. The van der Waals surface area contributed by atoms with Crippen LogP contribution in [0.4, 0.5) is 0 Å². The van der Waals surface area contributed by atoms with Crippen LogP contribution in [0.2, 0.25) is 0 Å². The highest BCUT2D eigenvalue weighted by atomic mass is 16.5. The van der Waals surface area contributed by atoms with Crippen LogP contribution >= 0.6 is 0 Å². The topological polar surface area (TPSA) is 131 Å². The SMILES string of the molecule is COC(=O)c1nnn(CC(=O)c2cc3ccccc3oc2=O)c1C(=O)OC. The molecule has 0 radical (unpaired) electrons. The number of benzene rings is 1. The molecular formula is C17H13N3O7. The monoisotopic (exact) mass is 371 g/mol. The lowest BCUT2D eigenvalue weighted by molar-refractivity contribution is 0.0543. The molecular weight excluding hydrogens is 358 g/mol. The third-order valence-electron chi connectivity index (χ3n) is 3.73. The largest absolute Gasteiger partial charge is 0.464 e. The Morgan fingerprint density at radius 2 is 1.81 bits per heavy atom. The van der Waals surface area contributed by atoms with Crippen LogP contribution in [0, 0.1) is 0 Å². The van der Waals surface area contributed by atoms with Crippen molar-refractivity contribution in [3.8, 4) is 0 Å². The summed E-state index contributed by atoms with van der Waals surface area (Å²) in [7, 11) is 2.20. The Balaban J connectivity index is 2.00. The zero-order valence-corrected chi connectivity index (χ0v) is 14.3. The van der Waals surface area contributed by atoms with Crippen LogP contribution in [-0.4, -0.2) is 46.9 Å². The van der Waals surface area contributed by atoms with Crippen molar-refractivity contribution in [1.82, 2.24) is 15.0 Å². The third-order valence-corrected chi connectivity index (χ3v) is 3.73. The van der Waals surface area contributed by atoms with E-state index >= 15 is 0 Å². The summed E-state index contributed by atoms with van der Waals surface area (Å²) in [6, 6.07) is 8.09. The van der Waals surface area contributed by atoms with E-state index in [0.29, 0.717) is 11.0 Å². The molecule has 1 aromatic carbocycles. The standard InChI is InChI=1S/C17H13N3O7/c1-25-16(23)13-14(17(24)26-2)20(19-18-13)8-11(21)10-7-9-5-3-4-6-12(9)27-15(10)22/h3-7H,8H2,1-2H3.